The summed E-state index contributed by atoms with van der Waals surface area (Å²) in [6, 6.07) is 3.80. The van der Waals surface area contributed by atoms with Gasteiger partial charge in [0.05, 0.1) is 10.2 Å². The second kappa shape index (κ2) is 7.55. The minimum absolute atomic E-state index is 0.00612. The highest BCUT2D eigenvalue weighted by Crippen LogP contribution is 2.28. The summed E-state index contributed by atoms with van der Waals surface area (Å²) in [7, 11) is 0. The summed E-state index contributed by atoms with van der Waals surface area (Å²) in [6.45, 7) is 1.52. The molecule has 0 aliphatic heterocycles. The second-order valence-electron chi connectivity index (χ2n) is 5.78. The zero-order valence-electron chi connectivity index (χ0n) is 14.2. The first-order valence-electron chi connectivity index (χ1n) is 8.00. The fourth-order valence-electron chi connectivity index (χ4n) is 2.67. The molecule has 3 rings (SSSR count). The lowest BCUT2D eigenvalue weighted by molar-refractivity contribution is -0.140. The minimum Gasteiger partial charge on any atom is -0.480 e. The van der Waals surface area contributed by atoms with Gasteiger partial charge in [-0.1, -0.05) is 18.3 Å². The van der Waals surface area contributed by atoms with Gasteiger partial charge in [0.2, 0.25) is 0 Å². The predicted molar refractivity (Wildman–Crippen MR) is 92.9 cm³/mol. The molecule has 1 amide bonds. The lowest BCUT2D eigenvalue weighted by Crippen LogP contribution is -2.27. The van der Waals surface area contributed by atoms with Crippen molar-refractivity contribution in [3.8, 4) is 0 Å². The fourth-order valence-corrected chi connectivity index (χ4v) is 3.75. The number of benzene rings is 2. The Labute approximate surface area is 159 Å². The molecule has 0 bridgehead atoms. The van der Waals surface area contributed by atoms with E-state index in [1.807, 2.05) is 0 Å². The molecule has 3 aromatic rings. The van der Waals surface area contributed by atoms with E-state index < -0.39 is 41.2 Å². The summed E-state index contributed by atoms with van der Waals surface area (Å²) < 4.78 is 55.2. The highest BCUT2D eigenvalue weighted by atomic mass is 32.1. The zero-order chi connectivity index (χ0) is 20.6. The van der Waals surface area contributed by atoms with Crippen molar-refractivity contribution in [2.75, 3.05) is 0 Å². The Bertz CT molecular complexity index is 1150. The van der Waals surface area contributed by atoms with Crippen LogP contribution in [0.5, 0.6) is 0 Å². The second-order valence-corrected chi connectivity index (χ2v) is 6.75. The minimum atomic E-state index is -1.71. The maximum atomic E-state index is 14.2. The first-order chi connectivity index (χ1) is 13.2. The number of nitrogens with zero attached hydrogens (tertiary/aromatic N) is 2. The Kier molecular flexibility index (Phi) is 5.32. The van der Waals surface area contributed by atoms with Crippen LogP contribution < -0.4 is 4.80 Å². The Hall–Kier alpha value is -3.01. The molecule has 1 unspecified atom stereocenters. The number of rotatable bonds is 4. The smallest absolute Gasteiger partial charge is 0.326 e. The SMILES string of the molecule is CCC(C(=O)O)n1c(=NC(=O)c2ccc(F)cc2)sc2c(F)c(F)c(F)cc21. The topological polar surface area (TPSA) is 71.7 Å². The first kappa shape index (κ1) is 19.7. The van der Waals surface area contributed by atoms with Crippen molar-refractivity contribution in [3.63, 3.8) is 0 Å². The van der Waals surface area contributed by atoms with Crippen molar-refractivity contribution >= 4 is 33.4 Å². The third-order valence-electron chi connectivity index (χ3n) is 4.03. The molecule has 5 nitrogen and oxygen atoms in total. The average molecular weight is 412 g/mol. The van der Waals surface area contributed by atoms with Crippen LogP contribution in [0.15, 0.2) is 35.3 Å². The van der Waals surface area contributed by atoms with E-state index in [1.54, 1.807) is 0 Å². The van der Waals surface area contributed by atoms with E-state index in [9.17, 15) is 32.3 Å². The summed E-state index contributed by atoms with van der Waals surface area (Å²) in [4.78, 5) is 27.5. The average Bonchev–Trinajstić information content (AvgIpc) is 2.99. The lowest BCUT2D eigenvalue weighted by atomic mass is 10.2. The molecule has 146 valence electrons. The van der Waals surface area contributed by atoms with Crippen LogP contribution in [-0.4, -0.2) is 21.6 Å². The van der Waals surface area contributed by atoms with E-state index >= 15 is 0 Å². The molecule has 2 aromatic carbocycles. The van der Waals surface area contributed by atoms with Gasteiger partial charge in [0, 0.05) is 11.6 Å². The molecule has 0 aliphatic rings. The van der Waals surface area contributed by atoms with Gasteiger partial charge in [-0.15, -0.1) is 0 Å². The molecule has 0 spiro atoms. The van der Waals surface area contributed by atoms with E-state index in [4.69, 9.17) is 0 Å². The van der Waals surface area contributed by atoms with Gasteiger partial charge < -0.3 is 9.67 Å². The van der Waals surface area contributed by atoms with Crippen LogP contribution in [0.1, 0.15) is 29.7 Å². The summed E-state index contributed by atoms with van der Waals surface area (Å²) >= 11 is 0.517. The number of carboxylic acids is 1. The predicted octanol–water partition coefficient (Wildman–Crippen LogP) is 4.04. The van der Waals surface area contributed by atoms with E-state index in [-0.39, 0.29) is 27.0 Å². The molecular formula is C18H12F4N2O3S. The highest BCUT2D eigenvalue weighted by Gasteiger charge is 2.26. The van der Waals surface area contributed by atoms with Crippen LogP contribution in [0, 0.1) is 23.3 Å². The molecule has 28 heavy (non-hydrogen) atoms. The van der Waals surface area contributed by atoms with Gasteiger partial charge in [-0.3, -0.25) is 4.79 Å². The van der Waals surface area contributed by atoms with Crippen LogP contribution in [0.2, 0.25) is 0 Å². The number of thiazole rings is 1. The number of carbonyl (C=O) groups is 2. The van der Waals surface area contributed by atoms with E-state index in [2.05, 4.69) is 4.99 Å². The summed E-state index contributed by atoms with van der Waals surface area (Å²) in [6.07, 6.45) is 0.0136. The maximum Gasteiger partial charge on any atom is 0.326 e. The van der Waals surface area contributed by atoms with Crippen molar-refractivity contribution < 1.29 is 32.3 Å². The fraction of sp³-hybridized carbons (Fsp3) is 0.167. The number of hydrogen-bond acceptors (Lipinski definition) is 3. The quantitative estimate of drug-likeness (QED) is 0.519. The molecule has 0 aliphatic carbocycles. The number of carboxylic acid groups (broad SMARTS) is 1. The molecule has 1 aromatic heterocycles. The number of amides is 1. The molecule has 0 saturated heterocycles. The lowest BCUT2D eigenvalue weighted by Gasteiger charge is -2.13. The normalized spacial score (nSPS) is 13.1. The van der Waals surface area contributed by atoms with Gasteiger partial charge in [-0.05, 0) is 30.7 Å². The molecule has 1 N–H and O–H groups in total. The van der Waals surface area contributed by atoms with Crippen LogP contribution in [0.4, 0.5) is 17.6 Å². The number of aliphatic carboxylic acids is 1. The van der Waals surface area contributed by atoms with Crippen LogP contribution >= 0.6 is 11.3 Å². The monoisotopic (exact) mass is 412 g/mol. The molecule has 1 atom stereocenters. The van der Waals surface area contributed by atoms with Crippen molar-refractivity contribution in [1.82, 2.24) is 4.57 Å². The van der Waals surface area contributed by atoms with Crippen molar-refractivity contribution in [1.29, 1.82) is 0 Å². The van der Waals surface area contributed by atoms with Crippen LogP contribution in [-0.2, 0) is 4.79 Å². The summed E-state index contributed by atoms with van der Waals surface area (Å²) in [5.41, 5.74) is -0.229. The highest BCUT2D eigenvalue weighted by molar-refractivity contribution is 7.16. The molecule has 0 saturated carbocycles. The van der Waals surface area contributed by atoms with Crippen molar-refractivity contribution in [2.45, 2.75) is 19.4 Å². The largest absolute Gasteiger partial charge is 0.480 e. The Morgan fingerprint density at radius 2 is 1.79 bits per heavy atom. The number of hydrogen-bond donors (Lipinski definition) is 1. The summed E-state index contributed by atoms with van der Waals surface area (Å²) in [5, 5.41) is 9.46. The van der Waals surface area contributed by atoms with E-state index in [0.29, 0.717) is 17.4 Å². The van der Waals surface area contributed by atoms with Crippen molar-refractivity contribution in [2.24, 2.45) is 4.99 Å². The van der Waals surface area contributed by atoms with Crippen molar-refractivity contribution in [3.05, 3.63) is 64.0 Å². The Morgan fingerprint density at radius 1 is 1.14 bits per heavy atom. The standard InChI is InChI=1S/C18H12F4N2O3S/c1-2-11(17(26)27)24-12-7-10(20)13(21)14(22)15(12)28-18(24)23-16(25)8-3-5-9(19)6-4-8/h3-7,11H,2H2,1H3,(H,26,27). The number of halogens is 4. The first-order valence-corrected chi connectivity index (χ1v) is 8.82. The van der Waals surface area contributed by atoms with Gasteiger partial charge in [0.1, 0.15) is 11.9 Å². The van der Waals surface area contributed by atoms with Gasteiger partial charge in [-0.2, -0.15) is 4.99 Å². The molecule has 10 heteroatoms. The van der Waals surface area contributed by atoms with Crippen LogP contribution in [0.25, 0.3) is 10.2 Å². The Morgan fingerprint density at radius 3 is 2.36 bits per heavy atom. The summed E-state index contributed by atoms with van der Waals surface area (Å²) in [5.74, 6) is -7.43. The van der Waals surface area contributed by atoms with Gasteiger partial charge in [0.25, 0.3) is 5.91 Å². The van der Waals surface area contributed by atoms with Crippen LogP contribution in [0.3, 0.4) is 0 Å². The third-order valence-corrected chi connectivity index (χ3v) is 5.09. The number of fused-ring (bicyclic) bond motifs is 1. The Balaban J connectivity index is 2.31. The molecular weight excluding hydrogens is 400 g/mol. The molecule has 1 heterocycles. The number of carbonyl (C=O) groups excluding carboxylic acids is 1. The van der Waals surface area contributed by atoms with E-state index in [1.165, 1.54) is 19.1 Å². The van der Waals surface area contributed by atoms with Gasteiger partial charge in [-0.25, -0.2) is 22.4 Å². The van der Waals surface area contributed by atoms with Gasteiger partial charge >= 0.3 is 5.97 Å². The number of aromatic nitrogens is 1. The maximum absolute atomic E-state index is 14.2. The molecule has 0 fully saturated rings. The third kappa shape index (κ3) is 3.42. The van der Waals surface area contributed by atoms with Gasteiger partial charge in [0.15, 0.2) is 22.3 Å². The zero-order valence-corrected chi connectivity index (χ0v) is 15.1. The van der Waals surface area contributed by atoms with E-state index in [0.717, 1.165) is 16.7 Å². The molecule has 0 radical (unpaired) electrons.